The summed E-state index contributed by atoms with van der Waals surface area (Å²) in [5, 5.41) is 9.75. The van der Waals surface area contributed by atoms with Crippen molar-refractivity contribution >= 4 is 5.97 Å². The molecule has 2 aromatic rings. The van der Waals surface area contributed by atoms with Crippen LogP contribution in [0, 0.1) is 0 Å². The molecule has 0 aliphatic carbocycles. The molecule has 2 rings (SSSR count). The fourth-order valence-electron chi connectivity index (χ4n) is 2.46. The SMILES string of the molecule is CCOC(=O)CCc1ccc(O)cc1OCc1cc(OC)cc(OC)c1. The first-order chi connectivity index (χ1) is 12.5. The van der Waals surface area contributed by atoms with Gasteiger partial charge in [0.1, 0.15) is 29.6 Å². The highest BCUT2D eigenvalue weighted by molar-refractivity contribution is 5.69. The second-order valence-electron chi connectivity index (χ2n) is 5.61. The summed E-state index contributed by atoms with van der Waals surface area (Å²) in [5.74, 6) is 1.70. The molecule has 0 spiro atoms. The molecule has 140 valence electrons. The van der Waals surface area contributed by atoms with Gasteiger partial charge in [0.15, 0.2) is 0 Å². The van der Waals surface area contributed by atoms with E-state index in [9.17, 15) is 9.90 Å². The Morgan fingerprint density at radius 1 is 1.04 bits per heavy atom. The van der Waals surface area contributed by atoms with E-state index in [2.05, 4.69) is 0 Å². The summed E-state index contributed by atoms with van der Waals surface area (Å²) >= 11 is 0. The molecule has 0 saturated heterocycles. The van der Waals surface area contributed by atoms with Crippen LogP contribution in [-0.2, 0) is 22.6 Å². The van der Waals surface area contributed by atoms with Crippen molar-refractivity contribution in [2.75, 3.05) is 20.8 Å². The number of carbonyl (C=O) groups is 1. The van der Waals surface area contributed by atoms with Crippen molar-refractivity contribution in [3.8, 4) is 23.0 Å². The Bertz CT molecular complexity index is 719. The standard InChI is InChI=1S/C20H24O6/c1-4-25-20(22)8-6-15-5-7-16(21)11-19(15)26-13-14-9-17(23-2)12-18(10-14)24-3/h5,7,9-12,21H,4,6,8,13H2,1-3H3. The van der Waals surface area contributed by atoms with E-state index in [4.69, 9.17) is 18.9 Å². The molecule has 0 heterocycles. The van der Waals surface area contributed by atoms with Gasteiger partial charge in [-0.1, -0.05) is 6.07 Å². The van der Waals surface area contributed by atoms with Gasteiger partial charge in [0.05, 0.1) is 20.8 Å². The van der Waals surface area contributed by atoms with Gasteiger partial charge in [-0.25, -0.2) is 0 Å². The zero-order valence-electron chi connectivity index (χ0n) is 15.3. The summed E-state index contributed by atoms with van der Waals surface area (Å²) in [4.78, 5) is 11.6. The van der Waals surface area contributed by atoms with E-state index < -0.39 is 0 Å². The maximum Gasteiger partial charge on any atom is 0.306 e. The third-order valence-corrected chi connectivity index (χ3v) is 3.76. The van der Waals surface area contributed by atoms with E-state index in [1.54, 1.807) is 39.3 Å². The highest BCUT2D eigenvalue weighted by atomic mass is 16.5. The van der Waals surface area contributed by atoms with Crippen molar-refractivity contribution in [2.24, 2.45) is 0 Å². The lowest BCUT2D eigenvalue weighted by Gasteiger charge is -2.13. The molecule has 0 aliphatic rings. The minimum Gasteiger partial charge on any atom is -0.508 e. The van der Waals surface area contributed by atoms with Crippen LogP contribution in [0.3, 0.4) is 0 Å². The van der Waals surface area contributed by atoms with Gasteiger partial charge >= 0.3 is 5.97 Å². The molecule has 2 aromatic carbocycles. The zero-order valence-corrected chi connectivity index (χ0v) is 15.3. The molecule has 0 aromatic heterocycles. The first kappa shape index (κ1) is 19.4. The smallest absolute Gasteiger partial charge is 0.306 e. The number of esters is 1. The maximum absolute atomic E-state index is 11.6. The summed E-state index contributed by atoms with van der Waals surface area (Å²) < 4.78 is 21.3. The molecule has 0 amide bonds. The molecule has 0 atom stereocenters. The normalized spacial score (nSPS) is 10.3. The number of aromatic hydroxyl groups is 1. The van der Waals surface area contributed by atoms with Gasteiger partial charge in [0.2, 0.25) is 0 Å². The molecule has 1 N–H and O–H groups in total. The van der Waals surface area contributed by atoms with Crippen molar-refractivity contribution in [3.63, 3.8) is 0 Å². The molecule has 0 aliphatic heterocycles. The molecule has 26 heavy (non-hydrogen) atoms. The maximum atomic E-state index is 11.6. The van der Waals surface area contributed by atoms with Crippen LogP contribution in [-0.4, -0.2) is 31.9 Å². The number of benzene rings is 2. The predicted octanol–water partition coefficient (Wildman–Crippen LogP) is 3.48. The highest BCUT2D eigenvalue weighted by Crippen LogP contribution is 2.28. The van der Waals surface area contributed by atoms with E-state index in [0.29, 0.717) is 30.3 Å². The Balaban J connectivity index is 2.11. The number of carbonyl (C=O) groups excluding carboxylic acids is 1. The van der Waals surface area contributed by atoms with Gasteiger partial charge < -0.3 is 24.1 Å². The minimum atomic E-state index is -0.260. The monoisotopic (exact) mass is 360 g/mol. The van der Waals surface area contributed by atoms with Gasteiger partial charge in [-0.15, -0.1) is 0 Å². The largest absolute Gasteiger partial charge is 0.508 e. The quantitative estimate of drug-likeness (QED) is 0.690. The number of aryl methyl sites for hydroxylation is 1. The fourth-order valence-corrected chi connectivity index (χ4v) is 2.46. The number of methoxy groups -OCH3 is 2. The average molecular weight is 360 g/mol. The first-order valence-corrected chi connectivity index (χ1v) is 8.38. The van der Waals surface area contributed by atoms with Crippen molar-refractivity contribution in [1.82, 2.24) is 0 Å². The summed E-state index contributed by atoms with van der Waals surface area (Å²) in [6.07, 6.45) is 0.720. The average Bonchev–Trinajstić information content (AvgIpc) is 2.65. The van der Waals surface area contributed by atoms with Crippen LogP contribution in [0.4, 0.5) is 0 Å². The molecule has 0 unspecified atom stereocenters. The Morgan fingerprint density at radius 3 is 2.35 bits per heavy atom. The number of phenolic OH excluding ortho intramolecular Hbond substituents is 1. The lowest BCUT2D eigenvalue weighted by molar-refractivity contribution is -0.143. The van der Waals surface area contributed by atoms with Crippen molar-refractivity contribution in [3.05, 3.63) is 47.5 Å². The molecule has 0 saturated carbocycles. The van der Waals surface area contributed by atoms with Crippen LogP contribution in [0.5, 0.6) is 23.0 Å². The van der Waals surface area contributed by atoms with E-state index >= 15 is 0 Å². The van der Waals surface area contributed by atoms with Gasteiger partial charge in [-0.2, -0.15) is 0 Å². The van der Waals surface area contributed by atoms with E-state index in [1.807, 2.05) is 12.1 Å². The first-order valence-electron chi connectivity index (χ1n) is 8.38. The fraction of sp³-hybridized carbons (Fsp3) is 0.350. The van der Waals surface area contributed by atoms with Crippen LogP contribution in [0.2, 0.25) is 0 Å². The number of rotatable bonds is 9. The molecule has 6 heteroatoms. The molecule has 0 radical (unpaired) electrons. The molecular weight excluding hydrogens is 336 g/mol. The number of hydrogen-bond donors (Lipinski definition) is 1. The second-order valence-corrected chi connectivity index (χ2v) is 5.61. The summed E-state index contributed by atoms with van der Waals surface area (Å²) in [6.45, 7) is 2.40. The topological polar surface area (TPSA) is 74.2 Å². The van der Waals surface area contributed by atoms with Gasteiger partial charge in [0, 0.05) is 18.6 Å². The van der Waals surface area contributed by atoms with Crippen molar-refractivity contribution < 1.29 is 28.8 Å². The Hall–Kier alpha value is -2.89. The Labute approximate surface area is 153 Å². The lowest BCUT2D eigenvalue weighted by Crippen LogP contribution is -2.06. The van der Waals surface area contributed by atoms with Crippen LogP contribution in [0.1, 0.15) is 24.5 Å². The minimum absolute atomic E-state index is 0.100. The van der Waals surface area contributed by atoms with Gasteiger partial charge in [-0.3, -0.25) is 4.79 Å². The summed E-state index contributed by atoms with van der Waals surface area (Å²) in [7, 11) is 3.17. The van der Waals surface area contributed by atoms with Crippen molar-refractivity contribution in [2.45, 2.75) is 26.4 Å². The highest BCUT2D eigenvalue weighted by Gasteiger charge is 2.10. The molecule has 0 fully saturated rings. The van der Waals surface area contributed by atoms with Crippen molar-refractivity contribution in [1.29, 1.82) is 0 Å². The molecule has 6 nitrogen and oxygen atoms in total. The summed E-state index contributed by atoms with van der Waals surface area (Å²) in [6, 6.07) is 10.3. The molecule has 0 bridgehead atoms. The Morgan fingerprint density at radius 2 is 1.73 bits per heavy atom. The van der Waals surface area contributed by atoms with E-state index in [0.717, 1.165) is 11.1 Å². The number of phenols is 1. The van der Waals surface area contributed by atoms with Crippen LogP contribution >= 0.6 is 0 Å². The van der Waals surface area contributed by atoms with E-state index in [1.165, 1.54) is 6.07 Å². The lowest BCUT2D eigenvalue weighted by atomic mass is 10.1. The van der Waals surface area contributed by atoms with Gasteiger partial charge in [-0.05, 0) is 42.7 Å². The summed E-state index contributed by atoms with van der Waals surface area (Å²) in [5.41, 5.74) is 1.69. The third kappa shape index (κ3) is 5.58. The third-order valence-electron chi connectivity index (χ3n) is 3.76. The van der Waals surface area contributed by atoms with Gasteiger partial charge in [0.25, 0.3) is 0 Å². The van der Waals surface area contributed by atoms with E-state index in [-0.39, 0.29) is 24.7 Å². The number of ether oxygens (including phenoxy) is 4. The predicted molar refractivity (Wildman–Crippen MR) is 96.9 cm³/mol. The molecular formula is C20H24O6. The van der Waals surface area contributed by atoms with Crippen LogP contribution < -0.4 is 14.2 Å². The van der Waals surface area contributed by atoms with Crippen LogP contribution in [0.25, 0.3) is 0 Å². The zero-order chi connectivity index (χ0) is 18.9. The number of hydrogen-bond acceptors (Lipinski definition) is 6. The second kappa shape index (κ2) is 9.56. The Kier molecular flexibility index (Phi) is 7.14. The van der Waals surface area contributed by atoms with Crippen LogP contribution in [0.15, 0.2) is 36.4 Å².